The van der Waals surface area contributed by atoms with Gasteiger partial charge in [-0.15, -0.1) is 12.6 Å². The molecule has 3 heteroatoms. The van der Waals surface area contributed by atoms with Crippen molar-refractivity contribution < 1.29 is 2.85 Å². The van der Waals surface area contributed by atoms with Crippen molar-refractivity contribution in [2.24, 2.45) is 0 Å². The zero-order chi connectivity index (χ0) is 6.69. The molecule has 0 saturated heterocycles. The Hall–Kier alpha value is 0.426. The van der Waals surface area contributed by atoms with Gasteiger partial charge in [0.05, 0.1) is 4.20 Å². The van der Waals surface area contributed by atoms with Gasteiger partial charge >= 0.3 is 23.1 Å². The predicted octanol–water partition coefficient (Wildman–Crippen LogP) is 2.14. The SMILES string of the molecule is S=C(S)c1ccccc1.[H-].[H-].[Mg+2]. The van der Waals surface area contributed by atoms with Crippen molar-refractivity contribution in [2.45, 2.75) is 0 Å². The summed E-state index contributed by atoms with van der Waals surface area (Å²) in [5, 5.41) is 0. The molecule has 0 nitrogen and oxygen atoms in total. The Morgan fingerprint density at radius 3 is 2.10 bits per heavy atom. The Balaban J connectivity index is -0.000000270. The topological polar surface area (TPSA) is 0 Å². The second-order valence-corrected chi connectivity index (χ2v) is 2.83. The third-order valence-corrected chi connectivity index (χ3v) is 1.51. The van der Waals surface area contributed by atoms with Gasteiger partial charge in [-0.1, -0.05) is 42.5 Å². The number of hydrogen-bond donors (Lipinski definition) is 1. The number of benzene rings is 1. The zero-order valence-corrected chi connectivity index (χ0v) is 8.57. The molecule has 0 bridgehead atoms. The fourth-order valence-electron chi connectivity index (χ4n) is 0.581. The number of hydrogen-bond acceptors (Lipinski definition) is 1. The summed E-state index contributed by atoms with van der Waals surface area (Å²) in [5.74, 6) is 0. The van der Waals surface area contributed by atoms with E-state index < -0.39 is 0 Å². The molecule has 0 atom stereocenters. The minimum Gasteiger partial charge on any atom is -1.00 e. The number of thiocarbonyl (C=S) groups is 1. The molecular formula is C7H8MgS2. The minimum atomic E-state index is 0. The smallest absolute Gasteiger partial charge is 1.00 e. The average Bonchev–Trinajstić information content (AvgIpc) is 1.90. The van der Waals surface area contributed by atoms with Crippen LogP contribution in [0.25, 0.3) is 0 Å². The van der Waals surface area contributed by atoms with Crippen LogP contribution in [0, 0.1) is 0 Å². The summed E-state index contributed by atoms with van der Waals surface area (Å²) < 4.78 is 0.649. The van der Waals surface area contributed by atoms with Crippen molar-refractivity contribution in [3.8, 4) is 0 Å². The van der Waals surface area contributed by atoms with E-state index in [1.807, 2.05) is 30.3 Å². The second kappa shape index (κ2) is 5.13. The molecule has 10 heavy (non-hydrogen) atoms. The van der Waals surface area contributed by atoms with E-state index >= 15 is 0 Å². The molecule has 0 fully saturated rings. The van der Waals surface area contributed by atoms with E-state index in [4.69, 9.17) is 12.2 Å². The van der Waals surface area contributed by atoms with Gasteiger partial charge in [-0.2, -0.15) is 0 Å². The maximum absolute atomic E-state index is 4.83. The van der Waals surface area contributed by atoms with Gasteiger partial charge in [0.15, 0.2) is 0 Å². The third-order valence-electron chi connectivity index (χ3n) is 1.02. The summed E-state index contributed by atoms with van der Waals surface area (Å²) in [6.07, 6.45) is 0. The summed E-state index contributed by atoms with van der Waals surface area (Å²) in [7, 11) is 0. The van der Waals surface area contributed by atoms with Crippen LogP contribution in [0.3, 0.4) is 0 Å². The first-order chi connectivity index (χ1) is 4.30. The van der Waals surface area contributed by atoms with Crippen molar-refractivity contribution in [3.63, 3.8) is 0 Å². The quantitative estimate of drug-likeness (QED) is 0.393. The fraction of sp³-hybridized carbons (Fsp3) is 0. The van der Waals surface area contributed by atoms with E-state index in [1.165, 1.54) is 0 Å². The molecule has 0 amide bonds. The Morgan fingerprint density at radius 2 is 1.80 bits per heavy atom. The summed E-state index contributed by atoms with van der Waals surface area (Å²) in [5.41, 5.74) is 1.01. The maximum atomic E-state index is 4.83. The van der Waals surface area contributed by atoms with E-state index in [-0.39, 0.29) is 25.9 Å². The zero-order valence-electron chi connectivity index (χ0n) is 7.45. The molecule has 50 valence electrons. The summed E-state index contributed by atoms with van der Waals surface area (Å²) in [6.45, 7) is 0. The van der Waals surface area contributed by atoms with E-state index in [0.717, 1.165) is 5.56 Å². The van der Waals surface area contributed by atoms with Gasteiger partial charge in [0, 0.05) is 0 Å². The van der Waals surface area contributed by atoms with E-state index in [2.05, 4.69) is 12.6 Å². The van der Waals surface area contributed by atoms with E-state index in [0.29, 0.717) is 4.20 Å². The molecular weight excluding hydrogens is 173 g/mol. The maximum Gasteiger partial charge on any atom is 2.00 e. The van der Waals surface area contributed by atoms with E-state index in [1.54, 1.807) is 0 Å². The van der Waals surface area contributed by atoms with Crippen LogP contribution in [0.4, 0.5) is 0 Å². The Bertz CT molecular complexity index is 216. The van der Waals surface area contributed by atoms with Gasteiger partial charge in [0.2, 0.25) is 0 Å². The average molecular weight is 181 g/mol. The molecule has 0 aromatic heterocycles. The number of rotatable bonds is 1. The Kier molecular flexibility index (Phi) is 5.34. The van der Waals surface area contributed by atoms with Gasteiger partial charge in [0.1, 0.15) is 0 Å². The first-order valence-corrected chi connectivity index (χ1v) is 3.44. The van der Waals surface area contributed by atoms with Crippen LogP contribution in [0.2, 0.25) is 0 Å². The van der Waals surface area contributed by atoms with Crippen LogP contribution < -0.4 is 0 Å². The first kappa shape index (κ1) is 10.4. The second-order valence-electron chi connectivity index (χ2n) is 1.67. The molecule has 0 spiro atoms. The van der Waals surface area contributed by atoms with Crippen molar-refractivity contribution >= 4 is 52.1 Å². The van der Waals surface area contributed by atoms with Crippen molar-refractivity contribution in [2.75, 3.05) is 0 Å². The van der Waals surface area contributed by atoms with Crippen LogP contribution >= 0.6 is 24.8 Å². The summed E-state index contributed by atoms with van der Waals surface area (Å²) >= 11 is 8.85. The third kappa shape index (κ3) is 3.01. The normalized spacial score (nSPS) is 8.10. The van der Waals surface area contributed by atoms with Crippen molar-refractivity contribution in [1.29, 1.82) is 0 Å². The van der Waals surface area contributed by atoms with Crippen molar-refractivity contribution in [3.05, 3.63) is 35.9 Å². The first-order valence-electron chi connectivity index (χ1n) is 2.59. The van der Waals surface area contributed by atoms with Crippen LogP contribution in [-0.2, 0) is 0 Å². The Labute approximate surface area is 90.5 Å². The monoisotopic (exact) mass is 180 g/mol. The van der Waals surface area contributed by atoms with Crippen LogP contribution in [0.15, 0.2) is 30.3 Å². The van der Waals surface area contributed by atoms with Crippen LogP contribution in [0.5, 0.6) is 0 Å². The Morgan fingerprint density at radius 1 is 1.30 bits per heavy atom. The molecule has 0 saturated carbocycles. The van der Waals surface area contributed by atoms with Crippen LogP contribution in [-0.4, -0.2) is 27.2 Å². The minimum absolute atomic E-state index is 0. The fourth-order valence-corrected chi connectivity index (χ4v) is 0.866. The summed E-state index contributed by atoms with van der Waals surface area (Å²) in [4.78, 5) is 0. The molecule has 0 aliphatic carbocycles. The standard InChI is InChI=1S/C7H6S2.Mg.2H/c8-7(9)6-4-2-1-3-5-6;;;/h1-5H,(H,8,9);;;/q;+2;2*-1. The summed E-state index contributed by atoms with van der Waals surface area (Å²) in [6, 6.07) is 9.72. The van der Waals surface area contributed by atoms with Crippen LogP contribution in [0.1, 0.15) is 8.42 Å². The molecule has 0 radical (unpaired) electrons. The van der Waals surface area contributed by atoms with Gasteiger partial charge in [-0.3, -0.25) is 0 Å². The van der Waals surface area contributed by atoms with Crippen molar-refractivity contribution in [1.82, 2.24) is 0 Å². The van der Waals surface area contributed by atoms with Gasteiger partial charge in [-0.25, -0.2) is 0 Å². The number of thiol groups is 1. The molecule has 0 aliphatic rings. The molecule has 0 unspecified atom stereocenters. The predicted molar refractivity (Wildman–Crippen MR) is 55.1 cm³/mol. The molecule has 1 aromatic rings. The van der Waals surface area contributed by atoms with E-state index in [9.17, 15) is 0 Å². The van der Waals surface area contributed by atoms with Gasteiger partial charge < -0.3 is 2.85 Å². The molecule has 1 aromatic carbocycles. The molecule has 1 rings (SSSR count). The van der Waals surface area contributed by atoms with Gasteiger partial charge in [0.25, 0.3) is 0 Å². The molecule has 0 aliphatic heterocycles. The van der Waals surface area contributed by atoms with Gasteiger partial charge in [-0.05, 0) is 5.56 Å². The largest absolute Gasteiger partial charge is 2.00 e. The molecule has 0 N–H and O–H groups in total. The molecule has 0 heterocycles.